The number of nitrogens with two attached hydrogens (primary N) is 1. The van der Waals surface area contributed by atoms with Gasteiger partial charge in [0.05, 0.1) is 0 Å². The molecular weight excluding hydrogens is 148 g/mol. The first kappa shape index (κ1) is 7.84. The van der Waals surface area contributed by atoms with Gasteiger partial charge in [-0.2, -0.15) is 0 Å². The van der Waals surface area contributed by atoms with Crippen molar-refractivity contribution in [3.05, 3.63) is 0 Å². The van der Waals surface area contributed by atoms with Crippen LogP contribution in [0, 0.1) is 0 Å². The Hall–Kier alpha value is -1.26. The van der Waals surface area contributed by atoms with Crippen molar-refractivity contribution >= 4 is 12.0 Å². The lowest BCUT2D eigenvalue weighted by Crippen LogP contribution is -2.40. The zero-order valence-electron chi connectivity index (χ0n) is 5.99. The van der Waals surface area contributed by atoms with Gasteiger partial charge in [-0.25, -0.2) is 4.79 Å². The number of carboxylic acids is 1. The minimum Gasteiger partial charge on any atom is -0.480 e. The molecule has 62 valence electrons. The van der Waals surface area contributed by atoms with E-state index < -0.39 is 12.0 Å². The van der Waals surface area contributed by atoms with E-state index in [0.717, 1.165) is 12.8 Å². The molecule has 3 N–H and O–H groups in total. The van der Waals surface area contributed by atoms with E-state index in [1.165, 1.54) is 4.90 Å². The third-order valence-electron chi connectivity index (χ3n) is 1.58. The molecule has 0 saturated heterocycles. The molecule has 1 rings (SSSR count). The highest BCUT2D eigenvalue weighted by Gasteiger charge is 2.32. The summed E-state index contributed by atoms with van der Waals surface area (Å²) in [5.74, 6) is -1.02. The molecule has 0 aromatic carbocycles. The quantitative estimate of drug-likeness (QED) is 0.586. The van der Waals surface area contributed by atoms with Gasteiger partial charge in [0.25, 0.3) is 0 Å². The second-order valence-corrected chi connectivity index (χ2v) is 2.59. The molecule has 0 atom stereocenters. The second-order valence-electron chi connectivity index (χ2n) is 2.59. The molecule has 0 aliphatic heterocycles. The van der Waals surface area contributed by atoms with Gasteiger partial charge < -0.3 is 15.7 Å². The predicted octanol–water partition coefficient (Wildman–Crippen LogP) is -0.386. The average Bonchev–Trinajstić information content (AvgIpc) is 2.63. The summed E-state index contributed by atoms with van der Waals surface area (Å²) in [5.41, 5.74) is 4.95. The first-order chi connectivity index (χ1) is 5.11. The number of amides is 2. The number of aliphatic carboxylic acids is 1. The van der Waals surface area contributed by atoms with E-state index in [2.05, 4.69) is 0 Å². The van der Waals surface area contributed by atoms with Crippen LogP contribution < -0.4 is 5.73 Å². The standard InChI is InChI=1S/C6H10N2O3/c7-6(11)8(3-5(9)10)4-1-2-4/h4H,1-3H2,(H2,7,11)(H,9,10). The molecule has 0 heterocycles. The molecular formula is C6H10N2O3. The summed E-state index contributed by atoms with van der Waals surface area (Å²) >= 11 is 0. The number of urea groups is 1. The largest absolute Gasteiger partial charge is 0.480 e. The molecule has 2 amide bonds. The van der Waals surface area contributed by atoms with Crippen LogP contribution in [-0.4, -0.2) is 34.6 Å². The van der Waals surface area contributed by atoms with Gasteiger partial charge in [0.1, 0.15) is 6.54 Å². The number of hydrogen-bond acceptors (Lipinski definition) is 2. The third-order valence-corrected chi connectivity index (χ3v) is 1.58. The minimum absolute atomic E-state index is 0.0728. The van der Waals surface area contributed by atoms with Gasteiger partial charge in [-0.05, 0) is 12.8 Å². The fraction of sp³-hybridized carbons (Fsp3) is 0.667. The van der Waals surface area contributed by atoms with Crippen molar-refractivity contribution in [2.75, 3.05) is 6.54 Å². The topological polar surface area (TPSA) is 83.6 Å². The molecule has 1 aliphatic carbocycles. The number of rotatable bonds is 3. The smallest absolute Gasteiger partial charge is 0.323 e. The number of primary amides is 1. The van der Waals surface area contributed by atoms with Crippen LogP contribution in [0.1, 0.15) is 12.8 Å². The van der Waals surface area contributed by atoms with Crippen molar-refractivity contribution in [2.24, 2.45) is 5.73 Å². The van der Waals surface area contributed by atoms with Crippen molar-refractivity contribution in [2.45, 2.75) is 18.9 Å². The molecule has 0 aromatic heterocycles. The lowest BCUT2D eigenvalue weighted by Gasteiger charge is -2.16. The maximum atomic E-state index is 10.6. The Morgan fingerprint density at radius 2 is 2.09 bits per heavy atom. The molecule has 0 spiro atoms. The van der Waals surface area contributed by atoms with E-state index in [0.29, 0.717) is 0 Å². The summed E-state index contributed by atoms with van der Waals surface area (Å²) < 4.78 is 0. The van der Waals surface area contributed by atoms with Crippen LogP contribution in [0.5, 0.6) is 0 Å². The molecule has 0 bridgehead atoms. The van der Waals surface area contributed by atoms with Crippen LogP contribution in [0.2, 0.25) is 0 Å². The van der Waals surface area contributed by atoms with Crippen LogP contribution >= 0.6 is 0 Å². The Balaban J connectivity index is 2.45. The Labute approximate surface area is 63.8 Å². The summed E-state index contributed by atoms with van der Waals surface area (Å²) in [7, 11) is 0. The maximum absolute atomic E-state index is 10.6. The first-order valence-electron chi connectivity index (χ1n) is 3.39. The van der Waals surface area contributed by atoms with Gasteiger partial charge in [0.15, 0.2) is 0 Å². The fourth-order valence-corrected chi connectivity index (χ4v) is 0.919. The van der Waals surface area contributed by atoms with Crippen molar-refractivity contribution in [1.29, 1.82) is 0 Å². The van der Waals surface area contributed by atoms with Gasteiger partial charge in [0, 0.05) is 6.04 Å². The Morgan fingerprint density at radius 1 is 1.55 bits per heavy atom. The number of carbonyl (C=O) groups is 2. The normalized spacial score (nSPS) is 16.0. The highest BCUT2D eigenvalue weighted by atomic mass is 16.4. The lowest BCUT2D eigenvalue weighted by atomic mass is 10.5. The third kappa shape index (κ3) is 2.10. The van der Waals surface area contributed by atoms with Crippen LogP contribution in [0.25, 0.3) is 0 Å². The zero-order chi connectivity index (χ0) is 8.43. The van der Waals surface area contributed by atoms with Crippen LogP contribution in [0.15, 0.2) is 0 Å². The first-order valence-corrected chi connectivity index (χ1v) is 3.39. The molecule has 1 aliphatic rings. The van der Waals surface area contributed by atoms with Gasteiger partial charge in [0.2, 0.25) is 0 Å². The molecule has 5 heteroatoms. The van der Waals surface area contributed by atoms with Crippen LogP contribution in [0.3, 0.4) is 0 Å². The summed E-state index contributed by atoms with van der Waals surface area (Å²) in [6.45, 7) is -0.278. The summed E-state index contributed by atoms with van der Waals surface area (Å²) in [5, 5.41) is 8.36. The van der Waals surface area contributed by atoms with Crippen molar-refractivity contribution in [3.8, 4) is 0 Å². The predicted molar refractivity (Wildman–Crippen MR) is 36.9 cm³/mol. The molecule has 5 nitrogen and oxygen atoms in total. The summed E-state index contributed by atoms with van der Waals surface area (Å²) in [6, 6.07) is -0.571. The number of carboxylic acid groups (broad SMARTS) is 1. The number of nitrogens with zero attached hydrogens (tertiary/aromatic N) is 1. The van der Waals surface area contributed by atoms with Crippen LogP contribution in [-0.2, 0) is 4.79 Å². The Kier molecular flexibility index (Phi) is 1.98. The Bertz CT molecular complexity index is 188. The van der Waals surface area contributed by atoms with E-state index in [9.17, 15) is 9.59 Å². The van der Waals surface area contributed by atoms with Crippen LogP contribution in [0.4, 0.5) is 4.79 Å². The van der Waals surface area contributed by atoms with Crippen molar-refractivity contribution in [3.63, 3.8) is 0 Å². The Morgan fingerprint density at radius 3 is 2.36 bits per heavy atom. The SMILES string of the molecule is NC(=O)N(CC(=O)O)C1CC1. The van der Waals surface area contributed by atoms with Gasteiger partial charge in [-0.1, -0.05) is 0 Å². The molecule has 11 heavy (non-hydrogen) atoms. The number of carbonyl (C=O) groups excluding carboxylic acids is 1. The molecule has 0 radical (unpaired) electrons. The van der Waals surface area contributed by atoms with Crippen molar-refractivity contribution < 1.29 is 14.7 Å². The van der Waals surface area contributed by atoms with E-state index in [1.807, 2.05) is 0 Å². The van der Waals surface area contributed by atoms with Crippen molar-refractivity contribution in [1.82, 2.24) is 4.90 Å². The van der Waals surface area contributed by atoms with E-state index in [4.69, 9.17) is 10.8 Å². The second kappa shape index (κ2) is 2.77. The van der Waals surface area contributed by atoms with E-state index in [-0.39, 0.29) is 12.6 Å². The molecule has 1 saturated carbocycles. The molecule has 0 unspecified atom stereocenters. The van der Waals surface area contributed by atoms with E-state index in [1.54, 1.807) is 0 Å². The molecule has 0 aromatic rings. The highest BCUT2D eigenvalue weighted by Crippen LogP contribution is 2.25. The zero-order valence-corrected chi connectivity index (χ0v) is 5.99. The molecule has 1 fully saturated rings. The van der Waals surface area contributed by atoms with Gasteiger partial charge in [-0.3, -0.25) is 4.79 Å². The minimum atomic E-state index is -1.02. The van der Waals surface area contributed by atoms with Gasteiger partial charge >= 0.3 is 12.0 Å². The lowest BCUT2D eigenvalue weighted by molar-refractivity contribution is -0.137. The monoisotopic (exact) mass is 158 g/mol. The average molecular weight is 158 g/mol. The highest BCUT2D eigenvalue weighted by molar-refractivity contribution is 5.79. The summed E-state index contributed by atoms with van der Waals surface area (Å²) in [6.07, 6.45) is 1.74. The van der Waals surface area contributed by atoms with E-state index >= 15 is 0 Å². The number of hydrogen-bond donors (Lipinski definition) is 2. The summed E-state index contributed by atoms with van der Waals surface area (Å²) in [4.78, 5) is 22.0. The maximum Gasteiger partial charge on any atom is 0.323 e. The fourth-order valence-electron chi connectivity index (χ4n) is 0.919. The van der Waals surface area contributed by atoms with Gasteiger partial charge in [-0.15, -0.1) is 0 Å².